The van der Waals surface area contributed by atoms with Gasteiger partial charge in [0.15, 0.2) is 0 Å². The van der Waals surface area contributed by atoms with Crippen LogP contribution in [-0.2, 0) is 4.74 Å². The molecule has 0 aromatic heterocycles. The summed E-state index contributed by atoms with van der Waals surface area (Å²) in [5, 5.41) is 0.848. The molecule has 0 aliphatic rings. The van der Waals surface area contributed by atoms with Crippen LogP contribution in [-0.4, -0.2) is 11.4 Å². The molecule has 0 amide bonds. The van der Waals surface area contributed by atoms with Crippen molar-refractivity contribution in [3.05, 3.63) is 35.4 Å². The molecule has 0 saturated heterocycles. The smallest absolute Gasteiger partial charge is 0.0925 e. The molecule has 1 aromatic rings. The Morgan fingerprint density at radius 1 is 1.27 bits per heavy atom. The summed E-state index contributed by atoms with van der Waals surface area (Å²) in [4.78, 5) is 0. The molecule has 0 N–H and O–H groups in total. The van der Waals surface area contributed by atoms with Gasteiger partial charge in [-0.3, -0.25) is 0 Å². The van der Waals surface area contributed by atoms with Crippen LogP contribution in [0.2, 0.25) is 0 Å². The predicted octanol–water partition coefficient (Wildman–Crippen LogP) is 4.25. The summed E-state index contributed by atoms with van der Waals surface area (Å²) in [6, 6.07) is 8.54. The maximum Gasteiger partial charge on any atom is 0.0925 e. The minimum Gasteiger partial charge on any atom is -0.370 e. The number of hydrogen-bond acceptors (Lipinski definition) is 1. The molecular weight excluding hydrogens is 252 g/mol. The summed E-state index contributed by atoms with van der Waals surface area (Å²) < 4.78 is 5.93. The molecule has 0 saturated carbocycles. The molecule has 0 aliphatic carbocycles. The molecule has 0 bridgehead atoms. The predicted molar refractivity (Wildman–Crippen MR) is 68.6 cm³/mol. The van der Waals surface area contributed by atoms with Gasteiger partial charge in [0.2, 0.25) is 0 Å². The van der Waals surface area contributed by atoms with Crippen LogP contribution in [0.4, 0.5) is 0 Å². The van der Waals surface area contributed by atoms with Crippen LogP contribution >= 0.6 is 15.9 Å². The molecular formula is C13H19BrO. The molecule has 1 nitrogen and oxygen atoms in total. The highest BCUT2D eigenvalue weighted by Gasteiger charge is 2.13. The number of aryl methyl sites for hydroxylation is 1. The van der Waals surface area contributed by atoms with Crippen LogP contribution in [0.25, 0.3) is 0 Å². The second kappa shape index (κ2) is 6.29. The number of alkyl halides is 1. The standard InChI is InChI=1S/C13H19BrO/c1-4-11(3)15-13(9-14)12-7-5-10(2)6-8-12/h5-8,11,13H,4,9H2,1-3H3. The number of ether oxygens (including phenoxy) is 1. The van der Waals surface area contributed by atoms with E-state index < -0.39 is 0 Å². The van der Waals surface area contributed by atoms with E-state index in [-0.39, 0.29) is 6.10 Å². The Balaban J connectivity index is 2.69. The lowest BCUT2D eigenvalue weighted by Gasteiger charge is -2.20. The van der Waals surface area contributed by atoms with Gasteiger partial charge in [0.1, 0.15) is 0 Å². The second-order valence-corrected chi connectivity index (χ2v) is 4.56. The zero-order valence-corrected chi connectivity index (χ0v) is 11.3. The second-order valence-electron chi connectivity index (χ2n) is 3.91. The topological polar surface area (TPSA) is 9.23 Å². The number of hydrogen-bond donors (Lipinski definition) is 0. The highest BCUT2D eigenvalue weighted by atomic mass is 79.9. The lowest BCUT2D eigenvalue weighted by molar-refractivity contribution is 0.00885. The van der Waals surface area contributed by atoms with Crippen molar-refractivity contribution >= 4 is 15.9 Å². The van der Waals surface area contributed by atoms with E-state index in [2.05, 4.69) is 61.0 Å². The monoisotopic (exact) mass is 270 g/mol. The molecule has 84 valence electrons. The molecule has 15 heavy (non-hydrogen) atoms. The van der Waals surface area contributed by atoms with E-state index in [1.807, 2.05) is 0 Å². The Morgan fingerprint density at radius 3 is 2.33 bits per heavy atom. The minimum absolute atomic E-state index is 0.167. The van der Waals surface area contributed by atoms with Crippen LogP contribution in [0.3, 0.4) is 0 Å². The van der Waals surface area contributed by atoms with Crippen LogP contribution in [0.1, 0.15) is 37.5 Å². The van der Waals surface area contributed by atoms with E-state index in [0.29, 0.717) is 6.10 Å². The lowest BCUT2D eigenvalue weighted by atomic mass is 10.1. The fourth-order valence-corrected chi connectivity index (χ4v) is 1.89. The first-order valence-corrected chi connectivity index (χ1v) is 6.57. The number of benzene rings is 1. The quantitative estimate of drug-likeness (QED) is 0.727. The maximum absolute atomic E-state index is 5.93. The third kappa shape index (κ3) is 3.96. The Labute approximate surface area is 101 Å². The minimum atomic E-state index is 0.167. The van der Waals surface area contributed by atoms with Gasteiger partial charge in [-0.25, -0.2) is 0 Å². The molecule has 1 rings (SSSR count). The van der Waals surface area contributed by atoms with Crippen molar-refractivity contribution in [2.24, 2.45) is 0 Å². The molecule has 2 heteroatoms. The Bertz CT molecular complexity index is 281. The zero-order valence-electron chi connectivity index (χ0n) is 9.66. The third-order valence-electron chi connectivity index (χ3n) is 2.56. The Kier molecular flexibility index (Phi) is 5.34. The number of rotatable bonds is 5. The van der Waals surface area contributed by atoms with Gasteiger partial charge < -0.3 is 4.74 Å². The van der Waals surface area contributed by atoms with Crippen LogP contribution < -0.4 is 0 Å². The molecule has 0 radical (unpaired) electrons. The Hall–Kier alpha value is -0.340. The van der Waals surface area contributed by atoms with Gasteiger partial charge in [-0.2, -0.15) is 0 Å². The first-order valence-electron chi connectivity index (χ1n) is 5.45. The molecule has 0 fully saturated rings. The summed E-state index contributed by atoms with van der Waals surface area (Å²) in [6.07, 6.45) is 1.53. The van der Waals surface area contributed by atoms with Crippen LogP contribution in [0.15, 0.2) is 24.3 Å². The van der Waals surface area contributed by atoms with E-state index in [1.54, 1.807) is 0 Å². The summed E-state index contributed by atoms with van der Waals surface area (Å²) in [5.74, 6) is 0. The van der Waals surface area contributed by atoms with E-state index in [4.69, 9.17) is 4.74 Å². The molecule has 1 aromatic carbocycles. The van der Waals surface area contributed by atoms with Crippen molar-refractivity contribution in [3.63, 3.8) is 0 Å². The normalized spacial score (nSPS) is 14.9. The van der Waals surface area contributed by atoms with Crippen molar-refractivity contribution in [1.29, 1.82) is 0 Å². The lowest BCUT2D eigenvalue weighted by Crippen LogP contribution is -2.13. The fraction of sp³-hybridized carbons (Fsp3) is 0.538. The molecule has 0 aliphatic heterocycles. The van der Waals surface area contributed by atoms with Crippen molar-refractivity contribution < 1.29 is 4.74 Å². The molecule has 2 atom stereocenters. The van der Waals surface area contributed by atoms with Gasteiger partial charge >= 0.3 is 0 Å². The highest BCUT2D eigenvalue weighted by Crippen LogP contribution is 2.22. The molecule has 2 unspecified atom stereocenters. The number of halogens is 1. The van der Waals surface area contributed by atoms with Crippen molar-refractivity contribution in [1.82, 2.24) is 0 Å². The zero-order chi connectivity index (χ0) is 11.3. The highest BCUT2D eigenvalue weighted by molar-refractivity contribution is 9.09. The summed E-state index contributed by atoms with van der Waals surface area (Å²) in [6.45, 7) is 6.36. The van der Waals surface area contributed by atoms with E-state index in [0.717, 1.165) is 11.8 Å². The molecule has 0 heterocycles. The van der Waals surface area contributed by atoms with Crippen LogP contribution in [0, 0.1) is 6.92 Å². The fourth-order valence-electron chi connectivity index (χ4n) is 1.36. The van der Waals surface area contributed by atoms with Gasteiger partial charge in [-0.05, 0) is 25.8 Å². The maximum atomic E-state index is 5.93. The van der Waals surface area contributed by atoms with E-state index >= 15 is 0 Å². The van der Waals surface area contributed by atoms with Crippen molar-refractivity contribution in [2.75, 3.05) is 5.33 Å². The van der Waals surface area contributed by atoms with E-state index in [9.17, 15) is 0 Å². The summed E-state index contributed by atoms with van der Waals surface area (Å²) in [5.41, 5.74) is 2.54. The van der Waals surface area contributed by atoms with Crippen LogP contribution in [0.5, 0.6) is 0 Å². The van der Waals surface area contributed by atoms with Gasteiger partial charge in [-0.15, -0.1) is 0 Å². The average molecular weight is 271 g/mol. The van der Waals surface area contributed by atoms with Crippen molar-refractivity contribution in [3.8, 4) is 0 Å². The SMILES string of the molecule is CCC(C)OC(CBr)c1ccc(C)cc1. The average Bonchev–Trinajstić information content (AvgIpc) is 2.27. The van der Waals surface area contributed by atoms with E-state index in [1.165, 1.54) is 11.1 Å². The summed E-state index contributed by atoms with van der Waals surface area (Å²) in [7, 11) is 0. The molecule has 0 spiro atoms. The van der Waals surface area contributed by atoms with Gasteiger partial charge in [-0.1, -0.05) is 52.7 Å². The first-order chi connectivity index (χ1) is 7.17. The van der Waals surface area contributed by atoms with Gasteiger partial charge in [0.25, 0.3) is 0 Å². The third-order valence-corrected chi connectivity index (χ3v) is 3.15. The van der Waals surface area contributed by atoms with Crippen molar-refractivity contribution in [2.45, 2.75) is 39.4 Å². The van der Waals surface area contributed by atoms with Gasteiger partial charge in [0, 0.05) is 5.33 Å². The summed E-state index contributed by atoms with van der Waals surface area (Å²) >= 11 is 3.50. The van der Waals surface area contributed by atoms with Gasteiger partial charge in [0.05, 0.1) is 12.2 Å². The largest absolute Gasteiger partial charge is 0.370 e. The Morgan fingerprint density at radius 2 is 1.87 bits per heavy atom. The first kappa shape index (κ1) is 12.7.